The minimum Gasteiger partial charge on any atom is -0.458 e. The summed E-state index contributed by atoms with van der Waals surface area (Å²) in [5.41, 5.74) is 0.933. The van der Waals surface area contributed by atoms with Crippen molar-refractivity contribution in [3.8, 4) is 50.9 Å². The van der Waals surface area contributed by atoms with Gasteiger partial charge in [-0.15, -0.1) is 0 Å². The number of ether oxygens (including phenoxy) is 1. The quantitative estimate of drug-likeness (QED) is 0.0560. The molecule has 0 amide bonds. The Morgan fingerprint density at radius 2 is 1.12 bits per heavy atom. The van der Waals surface area contributed by atoms with Crippen molar-refractivity contribution < 1.29 is 43.6 Å². The third-order valence-corrected chi connectivity index (χ3v) is 17.5. The molecule has 0 saturated carbocycles. The van der Waals surface area contributed by atoms with E-state index in [-0.39, 0.29) is 44.6 Å². The molecule has 3 heterocycles. The van der Waals surface area contributed by atoms with Gasteiger partial charge in [-0.2, -0.15) is 0 Å². The molecule has 0 aliphatic rings. The predicted octanol–water partition coefficient (Wildman–Crippen LogP) is 14.0. The van der Waals surface area contributed by atoms with Crippen LogP contribution in [0.2, 0.25) is 0 Å². The number of rotatable bonds is 11. The second-order valence-electron chi connectivity index (χ2n) is 18.7. The average molecular weight is 1020 g/mol. The van der Waals surface area contributed by atoms with E-state index in [0.29, 0.717) is 11.6 Å². The zero-order valence-electron chi connectivity index (χ0n) is 65.7. The lowest BCUT2D eigenvalue weighted by molar-refractivity contribution is -0.570. The summed E-state index contributed by atoms with van der Waals surface area (Å²) in [6.45, 7) is 6.32. The minimum atomic E-state index is -6.20. The number of hydrogen-bond donors (Lipinski definition) is 0. The van der Waals surface area contributed by atoms with Gasteiger partial charge in [0.15, 0.2) is 8.07 Å². The van der Waals surface area contributed by atoms with Gasteiger partial charge in [-0.3, -0.25) is 13.7 Å². The lowest BCUT2D eigenvalue weighted by Crippen LogP contribution is -2.76. The lowest BCUT2D eigenvalue weighted by Gasteiger charge is -2.36. The molecule has 0 bridgehead atoms. The SMILES string of the molecule is [2H]c1c([2H])c([2H])c(-c2ccc3c(c2)n(-c2cccc(Oc4ccc5c6ccccc6n(-c6cc(C(C)(C)C)ccn6)c5c4)c2)[c-][n+]3-c2c(-c3c([2H])c([2H])c([2H])c([2H])c3[2H])cccc2[Si](c2c([2H])c([2H])c([2H])c([2H])c2[2H])(c2c([2H])c([2H])c([2H])c([2H])c2[2H])c2c([2H])c([2H])c([2H])c([2H])c2[2H])c([2H])c1[2H]. The summed E-state index contributed by atoms with van der Waals surface area (Å²) in [5, 5.41) is -1.38. The van der Waals surface area contributed by atoms with Crippen LogP contribution in [0, 0.1) is 6.33 Å². The molecular formula is C70H54N4OSi. The van der Waals surface area contributed by atoms with Crippen LogP contribution in [0.15, 0.2) is 273 Å². The van der Waals surface area contributed by atoms with Crippen molar-refractivity contribution in [3.63, 3.8) is 0 Å². The van der Waals surface area contributed by atoms with Crippen LogP contribution in [0.1, 0.15) is 60.6 Å². The van der Waals surface area contributed by atoms with Crippen molar-refractivity contribution in [2.45, 2.75) is 26.2 Å². The van der Waals surface area contributed by atoms with E-state index in [0.717, 1.165) is 27.4 Å². The van der Waals surface area contributed by atoms with Gasteiger partial charge in [0.2, 0.25) is 0 Å². The van der Waals surface area contributed by atoms with Gasteiger partial charge in [-0.1, -0.05) is 226 Å². The maximum absolute atomic E-state index is 9.96. The van der Waals surface area contributed by atoms with Gasteiger partial charge >= 0.3 is 0 Å². The molecule has 364 valence electrons. The molecule has 0 aliphatic heterocycles. The molecule has 0 unspecified atom stereocenters. The number of nitrogens with zero attached hydrogens (tertiary/aromatic N) is 4. The van der Waals surface area contributed by atoms with Gasteiger partial charge < -0.3 is 4.74 Å². The van der Waals surface area contributed by atoms with E-state index in [4.69, 9.17) is 24.8 Å². The van der Waals surface area contributed by atoms with E-state index in [9.17, 15) is 19.2 Å². The van der Waals surface area contributed by atoms with Gasteiger partial charge in [-0.25, -0.2) is 4.98 Å². The Kier molecular flexibility index (Phi) is 6.74. The number of para-hydroxylation sites is 2. The summed E-state index contributed by atoms with van der Waals surface area (Å²) in [5.74, 6) is 1.22. The van der Waals surface area contributed by atoms with Gasteiger partial charge in [-0.05, 0) is 109 Å². The first kappa shape index (κ1) is 26.7. The standard InChI is InChI=1S/C70H54N4OSi/c1-70(2,3)53-43-44-71-68(46-53)74-63-37-20-19-35-61(63)62-41-40-56(48-65(62)74)75-55-28-21-27-54(47-55)72-49-73(64-42-39-52(45-66(64)72)50-23-9-4-10-24-50)69-60(51-25-11-5-12-26-51)36-22-38-67(69)76(57-29-13-6-14-30-57,58-31-15-7-16-32-58)59-33-17-8-18-34-59/h4-48H,1-3H3/i4D,5D,6D,7D,8D,9D,10D,11D,12D,13D,14D,15D,16D,17D,18D,23D,24D,25D,26D,29D,30D,31D,32D,33D,34D. The van der Waals surface area contributed by atoms with Crippen LogP contribution in [0.3, 0.4) is 0 Å². The summed E-state index contributed by atoms with van der Waals surface area (Å²) >= 11 is 0. The Labute approximate surface area is 480 Å². The highest BCUT2D eigenvalue weighted by atomic mass is 28.3. The fourth-order valence-electron chi connectivity index (χ4n) is 9.87. The van der Waals surface area contributed by atoms with Gasteiger partial charge in [0.1, 0.15) is 17.3 Å². The molecule has 0 spiro atoms. The van der Waals surface area contributed by atoms with Crippen LogP contribution in [-0.2, 0) is 5.41 Å². The largest absolute Gasteiger partial charge is 0.458 e. The Morgan fingerprint density at radius 3 is 1.79 bits per heavy atom. The van der Waals surface area contributed by atoms with Crippen LogP contribution >= 0.6 is 0 Å². The van der Waals surface area contributed by atoms with E-state index in [1.807, 2.05) is 53.1 Å². The second kappa shape index (κ2) is 19.2. The fraction of sp³-hybridized carbons (Fsp3) is 0.0571. The summed E-state index contributed by atoms with van der Waals surface area (Å²) in [6, 6.07) is 8.38. The van der Waals surface area contributed by atoms with Crippen molar-refractivity contribution in [2.24, 2.45) is 0 Å². The Bertz CT molecular complexity index is 5480. The van der Waals surface area contributed by atoms with Crippen LogP contribution in [0.25, 0.3) is 72.3 Å². The topological polar surface area (TPSA) is 35.9 Å². The molecule has 6 heteroatoms. The highest BCUT2D eigenvalue weighted by Gasteiger charge is 2.44. The molecule has 0 saturated heterocycles. The number of aromatic nitrogens is 4. The lowest BCUT2D eigenvalue weighted by atomic mass is 9.88. The molecule has 0 aliphatic carbocycles. The van der Waals surface area contributed by atoms with Crippen LogP contribution in [0.5, 0.6) is 11.5 Å². The summed E-state index contributed by atoms with van der Waals surface area (Å²) < 4.78 is 244. The van der Waals surface area contributed by atoms with E-state index >= 15 is 0 Å². The Balaban J connectivity index is 1.20. The number of hydrogen-bond acceptors (Lipinski definition) is 2. The Morgan fingerprint density at radius 1 is 0.513 bits per heavy atom. The van der Waals surface area contributed by atoms with E-state index in [2.05, 4.69) is 27.1 Å². The first-order valence-electron chi connectivity index (χ1n) is 36.5. The van der Waals surface area contributed by atoms with Gasteiger partial charge in [0, 0.05) is 23.0 Å². The van der Waals surface area contributed by atoms with E-state index in [1.165, 1.54) is 45.5 Å². The van der Waals surface area contributed by atoms with Crippen molar-refractivity contribution >= 4 is 61.7 Å². The zero-order valence-corrected chi connectivity index (χ0v) is 41.7. The zero-order chi connectivity index (χ0) is 73.0. The smallest absolute Gasteiger partial charge is 0.269 e. The van der Waals surface area contributed by atoms with Crippen molar-refractivity contribution in [1.82, 2.24) is 14.1 Å². The number of imidazole rings is 1. The van der Waals surface area contributed by atoms with E-state index < -0.39 is 191 Å². The average Bonchev–Trinajstić information content (AvgIpc) is 0.765. The molecule has 10 aromatic carbocycles. The second-order valence-corrected chi connectivity index (χ2v) is 22.2. The molecule has 13 aromatic rings. The maximum atomic E-state index is 9.96. The first-order chi connectivity index (χ1) is 47.7. The van der Waals surface area contributed by atoms with Gasteiger partial charge in [0.25, 0.3) is 6.33 Å². The Hall–Kier alpha value is -9.36. The third-order valence-electron chi connectivity index (χ3n) is 13.3. The molecule has 0 N–H and O–H groups in total. The number of fused-ring (bicyclic) bond motifs is 4. The third kappa shape index (κ3) is 8.11. The molecular weight excluding hydrogens is 941 g/mol. The molecule has 0 atom stereocenters. The number of pyridine rings is 1. The molecule has 5 nitrogen and oxygen atoms in total. The van der Waals surface area contributed by atoms with Crippen LogP contribution < -0.4 is 30.1 Å². The van der Waals surface area contributed by atoms with Gasteiger partial charge in [0.05, 0.1) is 67.7 Å². The minimum absolute atomic E-state index is 0.0215. The van der Waals surface area contributed by atoms with Crippen LogP contribution in [-0.4, -0.2) is 22.2 Å². The molecule has 13 rings (SSSR count). The highest BCUT2D eigenvalue weighted by molar-refractivity contribution is 7.20. The first-order valence-corrected chi connectivity index (χ1v) is 26.0. The predicted molar refractivity (Wildman–Crippen MR) is 315 cm³/mol. The number of benzene rings is 10. The molecule has 76 heavy (non-hydrogen) atoms. The highest BCUT2D eigenvalue weighted by Crippen LogP contribution is 2.37. The summed E-state index contributed by atoms with van der Waals surface area (Å²) in [4.78, 5) is 4.82. The summed E-state index contributed by atoms with van der Waals surface area (Å²) in [6.07, 6.45) is 5.08. The van der Waals surface area contributed by atoms with Crippen molar-refractivity contribution in [1.29, 1.82) is 0 Å². The maximum Gasteiger partial charge on any atom is 0.269 e. The van der Waals surface area contributed by atoms with Crippen molar-refractivity contribution in [3.05, 3.63) is 284 Å². The normalized spacial score (nSPS) is 16.5. The summed E-state index contributed by atoms with van der Waals surface area (Å²) in [7, 11) is -6.20. The molecule has 0 fully saturated rings. The van der Waals surface area contributed by atoms with Crippen molar-refractivity contribution in [2.75, 3.05) is 0 Å². The van der Waals surface area contributed by atoms with Crippen LogP contribution in [0.4, 0.5) is 0 Å². The monoisotopic (exact) mass is 1020 g/mol. The molecule has 0 radical (unpaired) electrons. The molecule has 3 aromatic heterocycles. The fourth-order valence-corrected chi connectivity index (χ4v) is 13.9. The van der Waals surface area contributed by atoms with E-state index in [1.54, 1.807) is 36.5 Å².